The zero-order chi connectivity index (χ0) is 13.9. The molecule has 0 heterocycles. The summed E-state index contributed by atoms with van der Waals surface area (Å²) in [5.41, 5.74) is 6.41. The first-order valence-corrected chi connectivity index (χ1v) is 7.89. The quantitative estimate of drug-likeness (QED) is 0.845. The molecule has 3 N–H and O–H groups in total. The van der Waals surface area contributed by atoms with Crippen LogP contribution in [0.5, 0.6) is 0 Å². The van der Waals surface area contributed by atoms with E-state index in [0.717, 1.165) is 24.8 Å². The standard InChI is InChI=1S/C13H20N2O3S/c1-18-13-4-2-3-12(13)15-19(16,17)11-7-5-10(9-14)6-8-11/h5-8,12-13,15H,2-4,9,14H2,1H3. The summed E-state index contributed by atoms with van der Waals surface area (Å²) in [5, 5.41) is 0. The fourth-order valence-electron chi connectivity index (χ4n) is 2.41. The molecule has 1 aliphatic rings. The lowest BCUT2D eigenvalue weighted by Crippen LogP contribution is -2.40. The van der Waals surface area contributed by atoms with Crippen LogP contribution in [0.1, 0.15) is 24.8 Å². The van der Waals surface area contributed by atoms with E-state index in [0.29, 0.717) is 6.54 Å². The number of hydrogen-bond acceptors (Lipinski definition) is 4. The molecule has 0 saturated heterocycles. The SMILES string of the molecule is COC1CCCC1NS(=O)(=O)c1ccc(CN)cc1. The maximum Gasteiger partial charge on any atom is 0.240 e. The van der Waals surface area contributed by atoms with Crippen molar-refractivity contribution in [2.45, 2.75) is 42.8 Å². The summed E-state index contributed by atoms with van der Waals surface area (Å²) >= 11 is 0. The predicted octanol–water partition coefficient (Wildman–Crippen LogP) is 0.991. The van der Waals surface area contributed by atoms with Gasteiger partial charge in [-0.15, -0.1) is 0 Å². The van der Waals surface area contributed by atoms with Gasteiger partial charge in [0.25, 0.3) is 0 Å². The molecule has 2 unspecified atom stereocenters. The van der Waals surface area contributed by atoms with Gasteiger partial charge in [0.15, 0.2) is 0 Å². The predicted molar refractivity (Wildman–Crippen MR) is 73.1 cm³/mol. The highest BCUT2D eigenvalue weighted by Gasteiger charge is 2.31. The van der Waals surface area contributed by atoms with Crippen molar-refractivity contribution in [2.75, 3.05) is 7.11 Å². The topological polar surface area (TPSA) is 81.4 Å². The maximum atomic E-state index is 12.3. The van der Waals surface area contributed by atoms with Gasteiger partial charge in [0.1, 0.15) is 0 Å². The fraction of sp³-hybridized carbons (Fsp3) is 0.538. The van der Waals surface area contributed by atoms with E-state index >= 15 is 0 Å². The second-order valence-electron chi connectivity index (χ2n) is 4.78. The highest BCUT2D eigenvalue weighted by atomic mass is 32.2. The Kier molecular flexibility index (Phi) is 4.57. The van der Waals surface area contributed by atoms with E-state index < -0.39 is 10.0 Å². The first-order valence-electron chi connectivity index (χ1n) is 6.41. The molecule has 1 fully saturated rings. The van der Waals surface area contributed by atoms with Crippen LogP contribution < -0.4 is 10.5 Å². The van der Waals surface area contributed by atoms with Crippen LogP contribution in [-0.4, -0.2) is 27.7 Å². The molecule has 5 nitrogen and oxygen atoms in total. The van der Waals surface area contributed by atoms with Crippen LogP contribution >= 0.6 is 0 Å². The van der Waals surface area contributed by atoms with Crippen LogP contribution in [0, 0.1) is 0 Å². The van der Waals surface area contributed by atoms with Gasteiger partial charge in [0, 0.05) is 19.7 Å². The highest BCUT2D eigenvalue weighted by molar-refractivity contribution is 7.89. The molecule has 19 heavy (non-hydrogen) atoms. The van der Waals surface area contributed by atoms with Crippen LogP contribution in [0.3, 0.4) is 0 Å². The molecule has 0 aliphatic heterocycles. The van der Waals surface area contributed by atoms with E-state index in [9.17, 15) is 8.42 Å². The minimum Gasteiger partial charge on any atom is -0.380 e. The third-order valence-corrected chi connectivity index (χ3v) is 5.04. The van der Waals surface area contributed by atoms with Gasteiger partial charge in [-0.3, -0.25) is 0 Å². The molecule has 6 heteroatoms. The summed E-state index contributed by atoms with van der Waals surface area (Å²) in [6, 6.07) is 6.50. The van der Waals surface area contributed by atoms with Crippen molar-refractivity contribution in [2.24, 2.45) is 5.73 Å². The Labute approximate surface area is 114 Å². The molecule has 0 radical (unpaired) electrons. The first-order chi connectivity index (χ1) is 9.06. The minimum absolute atomic E-state index is 0.0295. The van der Waals surface area contributed by atoms with Crippen LogP contribution in [0.2, 0.25) is 0 Å². The Hall–Kier alpha value is -0.950. The van der Waals surface area contributed by atoms with Gasteiger partial charge >= 0.3 is 0 Å². The molecule has 1 aliphatic carbocycles. The van der Waals surface area contributed by atoms with Crippen molar-refractivity contribution in [3.63, 3.8) is 0 Å². The fourth-order valence-corrected chi connectivity index (χ4v) is 3.71. The smallest absolute Gasteiger partial charge is 0.240 e. The summed E-state index contributed by atoms with van der Waals surface area (Å²) in [5.74, 6) is 0. The Morgan fingerprint density at radius 2 is 2.00 bits per heavy atom. The lowest BCUT2D eigenvalue weighted by Gasteiger charge is -2.19. The Morgan fingerprint density at radius 3 is 2.58 bits per heavy atom. The summed E-state index contributed by atoms with van der Waals surface area (Å²) in [7, 11) is -1.86. The highest BCUT2D eigenvalue weighted by Crippen LogP contribution is 2.23. The second-order valence-corrected chi connectivity index (χ2v) is 6.49. The van der Waals surface area contributed by atoms with Crippen molar-refractivity contribution in [1.82, 2.24) is 4.72 Å². The molecule has 106 valence electrons. The lowest BCUT2D eigenvalue weighted by atomic mass is 10.2. The van der Waals surface area contributed by atoms with Crippen LogP contribution in [-0.2, 0) is 21.3 Å². The molecular weight excluding hydrogens is 264 g/mol. The van der Waals surface area contributed by atoms with Crippen molar-refractivity contribution in [3.8, 4) is 0 Å². The molecule has 1 aromatic carbocycles. The number of hydrogen-bond donors (Lipinski definition) is 2. The first kappa shape index (κ1) is 14.5. The third kappa shape index (κ3) is 3.33. The van der Waals surface area contributed by atoms with Crippen LogP contribution in [0.15, 0.2) is 29.2 Å². The molecule has 0 bridgehead atoms. The number of methoxy groups -OCH3 is 1. The van der Waals surface area contributed by atoms with Gasteiger partial charge in [-0.05, 0) is 37.0 Å². The van der Waals surface area contributed by atoms with Crippen molar-refractivity contribution >= 4 is 10.0 Å². The maximum absolute atomic E-state index is 12.3. The van der Waals surface area contributed by atoms with E-state index in [1.165, 1.54) is 0 Å². The van der Waals surface area contributed by atoms with Crippen LogP contribution in [0.4, 0.5) is 0 Å². The molecule has 1 saturated carbocycles. The monoisotopic (exact) mass is 284 g/mol. The Morgan fingerprint density at radius 1 is 1.32 bits per heavy atom. The second kappa shape index (κ2) is 6.00. The largest absolute Gasteiger partial charge is 0.380 e. The van der Waals surface area contributed by atoms with E-state index in [1.807, 2.05) is 0 Å². The van der Waals surface area contributed by atoms with E-state index in [2.05, 4.69) is 4.72 Å². The van der Waals surface area contributed by atoms with Gasteiger partial charge in [0.05, 0.1) is 11.0 Å². The van der Waals surface area contributed by atoms with Gasteiger partial charge in [0.2, 0.25) is 10.0 Å². The van der Waals surface area contributed by atoms with E-state index in [1.54, 1.807) is 31.4 Å². The molecule has 2 atom stereocenters. The number of nitrogens with two attached hydrogens (primary N) is 1. The van der Waals surface area contributed by atoms with Crippen LogP contribution in [0.25, 0.3) is 0 Å². The molecule has 2 rings (SSSR count). The molecular formula is C13H20N2O3S. The zero-order valence-electron chi connectivity index (χ0n) is 11.0. The van der Waals surface area contributed by atoms with Crippen molar-refractivity contribution in [3.05, 3.63) is 29.8 Å². The molecule has 0 amide bonds. The molecule has 0 spiro atoms. The van der Waals surface area contributed by atoms with Gasteiger partial charge in [-0.1, -0.05) is 12.1 Å². The van der Waals surface area contributed by atoms with Crippen molar-refractivity contribution < 1.29 is 13.2 Å². The average molecular weight is 284 g/mol. The van der Waals surface area contributed by atoms with Gasteiger partial charge in [-0.2, -0.15) is 0 Å². The van der Waals surface area contributed by atoms with E-state index in [-0.39, 0.29) is 17.0 Å². The number of sulfonamides is 1. The van der Waals surface area contributed by atoms with E-state index in [4.69, 9.17) is 10.5 Å². The summed E-state index contributed by atoms with van der Waals surface area (Å²) in [6.45, 7) is 0.405. The van der Waals surface area contributed by atoms with Gasteiger partial charge in [-0.25, -0.2) is 13.1 Å². The van der Waals surface area contributed by atoms with Crippen molar-refractivity contribution in [1.29, 1.82) is 0 Å². The summed E-state index contributed by atoms with van der Waals surface area (Å²) in [4.78, 5) is 0.270. The molecule has 0 aromatic heterocycles. The summed E-state index contributed by atoms with van der Waals surface area (Å²) in [6.07, 6.45) is 2.67. The van der Waals surface area contributed by atoms with Gasteiger partial charge < -0.3 is 10.5 Å². The number of rotatable bonds is 5. The zero-order valence-corrected chi connectivity index (χ0v) is 11.8. The summed E-state index contributed by atoms with van der Waals surface area (Å²) < 4.78 is 32.5. The Bertz CT molecular complexity index is 513. The third-order valence-electron chi connectivity index (χ3n) is 3.53. The number of nitrogens with one attached hydrogen (secondary N) is 1. The number of ether oxygens (including phenoxy) is 1. The number of benzene rings is 1. The normalized spacial score (nSPS) is 23.7. The Balaban J connectivity index is 2.13. The lowest BCUT2D eigenvalue weighted by molar-refractivity contribution is 0.0916. The molecule has 1 aromatic rings. The minimum atomic E-state index is -3.48. The average Bonchev–Trinajstić information content (AvgIpc) is 2.85.